The van der Waals surface area contributed by atoms with Crippen LogP contribution in [-0.2, 0) is 6.54 Å². The van der Waals surface area contributed by atoms with Gasteiger partial charge in [0.2, 0.25) is 0 Å². The summed E-state index contributed by atoms with van der Waals surface area (Å²) in [6, 6.07) is 18.6. The minimum absolute atomic E-state index is 0.0252. The summed E-state index contributed by atoms with van der Waals surface area (Å²) in [5.41, 5.74) is 0.816. The highest BCUT2D eigenvalue weighted by molar-refractivity contribution is 7.98. The number of halogens is 1. The summed E-state index contributed by atoms with van der Waals surface area (Å²) in [6.45, 7) is -0.0263. The zero-order chi connectivity index (χ0) is 21.1. The molecule has 2 heterocycles. The number of benzene rings is 2. The molecule has 0 fully saturated rings. The maximum absolute atomic E-state index is 14.2. The Bertz CT molecular complexity index is 1300. The first-order valence-electron chi connectivity index (χ1n) is 9.25. The first-order valence-corrected chi connectivity index (χ1v) is 10.5. The minimum atomic E-state index is -0.524. The molecule has 0 saturated heterocycles. The Morgan fingerprint density at radius 3 is 2.67 bits per heavy atom. The second-order valence-electron chi connectivity index (χ2n) is 6.61. The fraction of sp³-hybridized carbons (Fsp3) is 0.0870. The third-order valence-electron chi connectivity index (χ3n) is 4.73. The molecule has 1 N–H and O–H groups in total. The van der Waals surface area contributed by atoms with Crippen molar-refractivity contribution in [2.45, 2.75) is 11.4 Å². The maximum Gasteiger partial charge on any atom is 0.265 e. The highest BCUT2D eigenvalue weighted by Gasteiger charge is 2.18. The molecule has 7 heteroatoms. The Hall–Kier alpha value is -3.45. The van der Waals surface area contributed by atoms with Crippen molar-refractivity contribution in [1.29, 1.82) is 0 Å². The predicted molar refractivity (Wildman–Crippen MR) is 118 cm³/mol. The first kappa shape index (κ1) is 19.8. The minimum Gasteiger partial charge on any atom is -0.321 e. The zero-order valence-corrected chi connectivity index (χ0v) is 16.9. The lowest BCUT2D eigenvalue weighted by molar-refractivity contribution is 0.102. The molecule has 0 aliphatic heterocycles. The molecule has 5 nitrogen and oxygen atoms in total. The molecule has 0 bridgehead atoms. The van der Waals surface area contributed by atoms with E-state index in [4.69, 9.17) is 0 Å². The van der Waals surface area contributed by atoms with Crippen LogP contribution < -0.4 is 10.9 Å². The smallest absolute Gasteiger partial charge is 0.265 e. The number of pyridine rings is 2. The standard InChI is InChI=1S/C23H18FN3O2S/c1-30-20-11-5-4-10-19(20)26-22(28)17-13-15-8-6-12-25-21(15)27(23(17)29)14-16-7-2-3-9-18(16)24/h2-13H,14H2,1H3,(H,26,28). The van der Waals surface area contributed by atoms with Gasteiger partial charge in [-0.1, -0.05) is 30.3 Å². The lowest BCUT2D eigenvalue weighted by Crippen LogP contribution is -2.30. The van der Waals surface area contributed by atoms with Gasteiger partial charge in [-0.2, -0.15) is 0 Å². The van der Waals surface area contributed by atoms with E-state index in [0.717, 1.165) is 4.90 Å². The van der Waals surface area contributed by atoms with E-state index in [1.54, 1.807) is 42.6 Å². The quantitative estimate of drug-likeness (QED) is 0.482. The monoisotopic (exact) mass is 419 g/mol. The molecule has 0 aliphatic rings. The van der Waals surface area contributed by atoms with Gasteiger partial charge in [0.25, 0.3) is 11.5 Å². The van der Waals surface area contributed by atoms with E-state index >= 15 is 0 Å². The molecule has 2 aromatic heterocycles. The number of amides is 1. The van der Waals surface area contributed by atoms with Crippen LogP contribution in [0.25, 0.3) is 11.0 Å². The third-order valence-corrected chi connectivity index (χ3v) is 5.53. The molecule has 4 aromatic rings. The van der Waals surface area contributed by atoms with Gasteiger partial charge in [-0.05, 0) is 42.7 Å². The van der Waals surface area contributed by atoms with Crippen LogP contribution in [0.2, 0.25) is 0 Å². The summed E-state index contributed by atoms with van der Waals surface area (Å²) in [4.78, 5) is 31.4. The van der Waals surface area contributed by atoms with Gasteiger partial charge in [0.1, 0.15) is 17.0 Å². The van der Waals surface area contributed by atoms with Crippen molar-refractivity contribution in [3.63, 3.8) is 0 Å². The first-order chi connectivity index (χ1) is 14.6. The fourth-order valence-corrected chi connectivity index (χ4v) is 3.80. The predicted octanol–water partition coefficient (Wildman–Crippen LogP) is 4.56. The van der Waals surface area contributed by atoms with E-state index in [9.17, 15) is 14.0 Å². The zero-order valence-electron chi connectivity index (χ0n) is 16.1. The second kappa shape index (κ2) is 8.51. The molecule has 0 spiro atoms. The number of nitrogens with zero attached hydrogens (tertiary/aromatic N) is 2. The molecular formula is C23H18FN3O2S. The van der Waals surface area contributed by atoms with Crippen molar-refractivity contribution in [2.75, 3.05) is 11.6 Å². The van der Waals surface area contributed by atoms with Gasteiger partial charge in [0, 0.05) is 22.0 Å². The summed E-state index contributed by atoms with van der Waals surface area (Å²) < 4.78 is 15.6. The topological polar surface area (TPSA) is 64.0 Å². The molecule has 1 amide bonds. The number of carbonyl (C=O) groups excluding carboxylic acids is 1. The van der Waals surface area contributed by atoms with E-state index < -0.39 is 17.3 Å². The van der Waals surface area contributed by atoms with E-state index in [-0.39, 0.29) is 12.1 Å². The summed E-state index contributed by atoms with van der Waals surface area (Å²) in [5, 5.41) is 3.44. The summed E-state index contributed by atoms with van der Waals surface area (Å²) in [6.07, 6.45) is 3.47. The molecule has 0 unspecified atom stereocenters. The van der Waals surface area contributed by atoms with Crippen LogP contribution in [0.4, 0.5) is 10.1 Å². The number of fused-ring (bicyclic) bond motifs is 1. The highest BCUT2D eigenvalue weighted by Crippen LogP contribution is 2.25. The maximum atomic E-state index is 14.2. The largest absolute Gasteiger partial charge is 0.321 e. The summed E-state index contributed by atoms with van der Waals surface area (Å²) in [7, 11) is 0. The molecule has 150 valence electrons. The Balaban J connectivity index is 1.81. The average molecular weight is 419 g/mol. The highest BCUT2D eigenvalue weighted by atomic mass is 32.2. The Labute approximate surface area is 176 Å². The molecule has 0 radical (unpaired) electrons. The molecule has 0 saturated carbocycles. The van der Waals surface area contributed by atoms with Crippen molar-refractivity contribution in [3.8, 4) is 0 Å². The molecule has 0 atom stereocenters. The van der Waals surface area contributed by atoms with Crippen molar-refractivity contribution in [1.82, 2.24) is 9.55 Å². The van der Waals surface area contributed by atoms with Crippen molar-refractivity contribution in [3.05, 3.63) is 100 Å². The Morgan fingerprint density at radius 1 is 1.10 bits per heavy atom. The number of hydrogen-bond donors (Lipinski definition) is 1. The molecule has 0 aliphatic carbocycles. The molecule has 30 heavy (non-hydrogen) atoms. The summed E-state index contributed by atoms with van der Waals surface area (Å²) >= 11 is 1.50. The van der Waals surface area contributed by atoms with Gasteiger partial charge in [0.05, 0.1) is 12.2 Å². The van der Waals surface area contributed by atoms with Crippen LogP contribution in [0.5, 0.6) is 0 Å². The molecular weight excluding hydrogens is 401 g/mol. The van der Waals surface area contributed by atoms with Gasteiger partial charge < -0.3 is 5.32 Å². The third kappa shape index (κ3) is 3.84. The number of hydrogen-bond acceptors (Lipinski definition) is 4. The molecule has 2 aromatic carbocycles. The summed E-state index contributed by atoms with van der Waals surface area (Å²) in [5.74, 6) is -0.938. The lowest BCUT2D eigenvalue weighted by atomic mass is 10.1. The van der Waals surface area contributed by atoms with Crippen LogP contribution in [0, 0.1) is 5.82 Å². The van der Waals surface area contributed by atoms with E-state index in [2.05, 4.69) is 10.3 Å². The lowest BCUT2D eigenvalue weighted by Gasteiger charge is -2.13. The van der Waals surface area contributed by atoms with Crippen molar-refractivity contribution < 1.29 is 9.18 Å². The van der Waals surface area contributed by atoms with Crippen molar-refractivity contribution >= 4 is 34.4 Å². The number of aromatic nitrogens is 2. The number of carbonyl (C=O) groups is 1. The van der Waals surface area contributed by atoms with Crippen LogP contribution in [0.1, 0.15) is 15.9 Å². The normalized spacial score (nSPS) is 10.9. The SMILES string of the molecule is CSc1ccccc1NC(=O)c1cc2cccnc2n(Cc2ccccc2F)c1=O. The van der Waals surface area contributed by atoms with Gasteiger partial charge >= 0.3 is 0 Å². The number of anilines is 1. The fourth-order valence-electron chi connectivity index (χ4n) is 3.25. The number of nitrogens with one attached hydrogen (secondary N) is 1. The molecule has 4 rings (SSSR count). The number of para-hydroxylation sites is 1. The van der Waals surface area contributed by atoms with Crippen LogP contribution in [-0.4, -0.2) is 21.7 Å². The van der Waals surface area contributed by atoms with Crippen molar-refractivity contribution in [2.24, 2.45) is 0 Å². The average Bonchev–Trinajstić information content (AvgIpc) is 2.77. The second-order valence-corrected chi connectivity index (χ2v) is 7.46. The number of rotatable bonds is 5. The van der Waals surface area contributed by atoms with Crippen LogP contribution in [0.3, 0.4) is 0 Å². The van der Waals surface area contributed by atoms with Gasteiger partial charge in [-0.25, -0.2) is 9.37 Å². The van der Waals surface area contributed by atoms with Gasteiger partial charge in [-0.3, -0.25) is 14.2 Å². The van der Waals surface area contributed by atoms with Gasteiger partial charge in [0.15, 0.2) is 0 Å². The van der Waals surface area contributed by atoms with Crippen LogP contribution >= 0.6 is 11.8 Å². The van der Waals surface area contributed by atoms with Gasteiger partial charge in [-0.15, -0.1) is 11.8 Å². The van der Waals surface area contributed by atoms with E-state index in [1.165, 1.54) is 28.5 Å². The van der Waals surface area contributed by atoms with Crippen LogP contribution in [0.15, 0.2) is 82.6 Å². The number of thioether (sulfide) groups is 1. The van der Waals surface area contributed by atoms with E-state index in [1.807, 2.05) is 24.5 Å². The Morgan fingerprint density at radius 2 is 1.87 bits per heavy atom. The Kier molecular flexibility index (Phi) is 5.63. The van der Waals surface area contributed by atoms with E-state index in [0.29, 0.717) is 22.3 Å².